The lowest BCUT2D eigenvalue weighted by atomic mass is 9.80. The molecular weight excluding hydrogens is 474 g/mol. The number of carbonyl (C=O) groups excluding carboxylic acids is 2. The number of amides is 2. The number of hydrogen-bond acceptors (Lipinski definition) is 4. The summed E-state index contributed by atoms with van der Waals surface area (Å²) in [5.41, 5.74) is 2.82. The summed E-state index contributed by atoms with van der Waals surface area (Å²) in [4.78, 5) is 33.2. The van der Waals surface area contributed by atoms with Crippen LogP contribution in [0.25, 0.3) is 0 Å². The van der Waals surface area contributed by atoms with Crippen molar-refractivity contribution >= 4 is 12.0 Å². The Kier molecular flexibility index (Phi) is 8.66. The number of carbonyl (C=O) groups is 2. The van der Waals surface area contributed by atoms with Crippen LogP contribution in [0.3, 0.4) is 0 Å². The summed E-state index contributed by atoms with van der Waals surface area (Å²) in [5, 5.41) is 0. The highest BCUT2D eigenvalue weighted by molar-refractivity contribution is 5.96. The van der Waals surface area contributed by atoms with Gasteiger partial charge in [0.15, 0.2) is 0 Å². The smallest absolute Gasteiger partial charge is 0.410 e. The van der Waals surface area contributed by atoms with Gasteiger partial charge in [-0.3, -0.25) is 9.69 Å². The third kappa shape index (κ3) is 5.61. The highest BCUT2D eigenvalue weighted by atomic mass is 16.6. The molecule has 0 aromatic heterocycles. The SMILES string of the molecule is CCCCC1N(CC2CCCCC2)C(=O)OC12CCN(C1CCN(C(=O)c3cccc(C)c3C)CC1)CC2. The van der Waals surface area contributed by atoms with E-state index in [0.29, 0.717) is 12.0 Å². The van der Waals surface area contributed by atoms with Crippen molar-refractivity contribution in [2.75, 3.05) is 32.7 Å². The maximum atomic E-state index is 13.2. The molecule has 2 amide bonds. The predicted molar refractivity (Wildman–Crippen MR) is 151 cm³/mol. The molecule has 210 valence electrons. The van der Waals surface area contributed by atoms with Gasteiger partial charge in [0.1, 0.15) is 5.60 Å². The van der Waals surface area contributed by atoms with Gasteiger partial charge in [-0.1, -0.05) is 51.2 Å². The van der Waals surface area contributed by atoms with Crippen LogP contribution in [0, 0.1) is 19.8 Å². The van der Waals surface area contributed by atoms with Crippen molar-refractivity contribution < 1.29 is 14.3 Å². The van der Waals surface area contributed by atoms with Crippen molar-refractivity contribution in [1.29, 1.82) is 0 Å². The van der Waals surface area contributed by atoms with Gasteiger partial charge >= 0.3 is 6.09 Å². The predicted octanol–water partition coefficient (Wildman–Crippen LogP) is 6.33. The molecule has 6 nitrogen and oxygen atoms in total. The molecule has 1 saturated carbocycles. The first kappa shape index (κ1) is 27.5. The molecule has 4 fully saturated rings. The lowest BCUT2D eigenvalue weighted by molar-refractivity contribution is -0.0385. The Labute approximate surface area is 230 Å². The second-order valence-corrected chi connectivity index (χ2v) is 12.6. The topological polar surface area (TPSA) is 53.1 Å². The molecule has 3 heterocycles. The van der Waals surface area contributed by atoms with E-state index in [9.17, 15) is 9.59 Å². The molecule has 3 saturated heterocycles. The van der Waals surface area contributed by atoms with Crippen molar-refractivity contribution in [1.82, 2.24) is 14.7 Å². The van der Waals surface area contributed by atoms with Crippen molar-refractivity contribution in [3.63, 3.8) is 0 Å². The third-order valence-corrected chi connectivity index (χ3v) is 10.3. The summed E-state index contributed by atoms with van der Waals surface area (Å²) < 4.78 is 6.32. The molecular formula is C32H49N3O3. The zero-order valence-electron chi connectivity index (χ0n) is 24.1. The molecule has 0 radical (unpaired) electrons. The Bertz CT molecular complexity index is 972. The van der Waals surface area contributed by atoms with Crippen LogP contribution < -0.4 is 0 Å². The number of aryl methyl sites for hydroxylation is 1. The lowest BCUT2D eigenvalue weighted by Gasteiger charge is -2.46. The van der Waals surface area contributed by atoms with Gasteiger partial charge < -0.3 is 14.5 Å². The maximum absolute atomic E-state index is 13.2. The van der Waals surface area contributed by atoms with Gasteiger partial charge in [-0.15, -0.1) is 0 Å². The standard InChI is InChI=1S/C32H49N3O3/c1-4-5-14-29-32(38-31(37)35(29)23-26-11-7-6-8-12-26)17-21-33(22-18-32)27-15-19-34(20-16-27)30(36)28-13-9-10-24(2)25(28)3/h9-10,13,26-27,29H,4-8,11-12,14-23H2,1-3H3. The second kappa shape index (κ2) is 12.0. The van der Waals surface area contributed by atoms with E-state index >= 15 is 0 Å². The molecule has 1 spiro atoms. The number of likely N-dealkylation sites (tertiary alicyclic amines) is 2. The average molecular weight is 524 g/mol. The fourth-order valence-electron chi connectivity index (χ4n) is 7.67. The highest BCUT2D eigenvalue weighted by Gasteiger charge is 2.55. The zero-order valence-corrected chi connectivity index (χ0v) is 24.1. The Morgan fingerprint density at radius 2 is 1.71 bits per heavy atom. The van der Waals surface area contributed by atoms with Gasteiger partial charge in [0, 0.05) is 57.2 Å². The van der Waals surface area contributed by atoms with E-state index in [4.69, 9.17) is 4.74 Å². The van der Waals surface area contributed by atoms with Crippen LogP contribution in [-0.4, -0.2) is 77.1 Å². The van der Waals surface area contributed by atoms with Gasteiger partial charge in [0.05, 0.1) is 6.04 Å². The van der Waals surface area contributed by atoms with Crippen LogP contribution in [-0.2, 0) is 4.74 Å². The molecule has 1 aromatic carbocycles. The number of rotatable bonds is 7. The third-order valence-electron chi connectivity index (χ3n) is 10.3. The molecule has 38 heavy (non-hydrogen) atoms. The Morgan fingerprint density at radius 3 is 2.39 bits per heavy atom. The maximum Gasteiger partial charge on any atom is 0.410 e. The van der Waals surface area contributed by atoms with Crippen LogP contribution in [0.1, 0.15) is 105 Å². The largest absolute Gasteiger partial charge is 0.440 e. The summed E-state index contributed by atoms with van der Waals surface area (Å²) in [5.74, 6) is 0.823. The molecule has 3 aliphatic heterocycles. The summed E-state index contributed by atoms with van der Waals surface area (Å²) in [7, 11) is 0. The molecule has 0 bridgehead atoms. The van der Waals surface area contributed by atoms with Crippen LogP contribution in [0.2, 0.25) is 0 Å². The van der Waals surface area contributed by atoms with Crippen molar-refractivity contribution in [2.45, 2.75) is 116 Å². The van der Waals surface area contributed by atoms with Gasteiger partial charge in [0.2, 0.25) is 0 Å². The Morgan fingerprint density at radius 1 is 1.00 bits per heavy atom. The van der Waals surface area contributed by atoms with Crippen LogP contribution >= 0.6 is 0 Å². The van der Waals surface area contributed by atoms with E-state index in [2.05, 4.69) is 36.6 Å². The number of hydrogen-bond donors (Lipinski definition) is 0. The van der Waals surface area contributed by atoms with Gasteiger partial charge in [0.25, 0.3) is 5.91 Å². The van der Waals surface area contributed by atoms with Crippen molar-refractivity contribution in [2.24, 2.45) is 5.92 Å². The van der Waals surface area contributed by atoms with E-state index in [1.54, 1.807) is 0 Å². The first-order chi connectivity index (χ1) is 18.4. The first-order valence-electron chi connectivity index (χ1n) is 15.5. The number of piperidine rings is 2. The zero-order chi connectivity index (χ0) is 26.7. The Hall–Kier alpha value is -2.08. The van der Waals surface area contributed by atoms with Gasteiger partial charge in [-0.2, -0.15) is 0 Å². The highest BCUT2D eigenvalue weighted by Crippen LogP contribution is 2.43. The van der Waals surface area contributed by atoms with E-state index in [1.807, 2.05) is 17.0 Å². The quantitative estimate of drug-likeness (QED) is 0.419. The molecule has 4 aliphatic rings. The second-order valence-electron chi connectivity index (χ2n) is 12.6. The minimum Gasteiger partial charge on any atom is -0.440 e. The summed E-state index contributed by atoms with van der Waals surface area (Å²) in [6.07, 6.45) is 13.7. The normalized spacial score (nSPS) is 25.2. The summed E-state index contributed by atoms with van der Waals surface area (Å²) >= 11 is 0. The van der Waals surface area contributed by atoms with Crippen LogP contribution in [0.4, 0.5) is 4.79 Å². The fraction of sp³-hybridized carbons (Fsp3) is 0.750. The van der Waals surface area contributed by atoms with Gasteiger partial charge in [-0.05, 0) is 69.1 Å². The minimum atomic E-state index is -0.309. The van der Waals surface area contributed by atoms with E-state index < -0.39 is 0 Å². The number of ether oxygens (including phenoxy) is 1. The molecule has 0 N–H and O–H groups in total. The van der Waals surface area contributed by atoms with E-state index in [1.165, 1.54) is 37.7 Å². The van der Waals surface area contributed by atoms with E-state index in [-0.39, 0.29) is 23.6 Å². The fourth-order valence-corrected chi connectivity index (χ4v) is 7.67. The molecule has 6 heteroatoms. The van der Waals surface area contributed by atoms with Crippen LogP contribution in [0.15, 0.2) is 18.2 Å². The summed E-state index contributed by atoms with van der Waals surface area (Å²) in [6, 6.07) is 6.78. The molecule has 1 unspecified atom stereocenters. The molecule has 1 atom stereocenters. The van der Waals surface area contributed by atoms with Crippen molar-refractivity contribution in [3.05, 3.63) is 34.9 Å². The Balaban J connectivity index is 1.17. The summed E-state index contributed by atoms with van der Waals surface area (Å²) in [6.45, 7) is 10.9. The van der Waals surface area contributed by atoms with E-state index in [0.717, 1.165) is 88.8 Å². The van der Waals surface area contributed by atoms with Gasteiger partial charge in [-0.25, -0.2) is 4.79 Å². The minimum absolute atomic E-state index is 0.0524. The number of unbranched alkanes of at least 4 members (excludes halogenated alkanes) is 1. The lowest BCUT2D eigenvalue weighted by Crippen LogP contribution is -2.56. The number of nitrogens with zero attached hydrogens (tertiary/aromatic N) is 3. The molecule has 1 aromatic rings. The monoisotopic (exact) mass is 523 g/mol. The molecule has 1 aliphatic carbocycles. The van der Waals surface area contributed by atoms with Crippen molar-refractivity contribution in [3.8, 4) is 0 Å². The van der Waals surface area contributed by atoms with Crippen LogP contribution in [0.5, 0.6) is 0 Å². The number of benzene rings is 1. The first-order valence-corrected chi connectivity index (χ1v) is 15.5. The molecule has 5 rings (SSSR count). The average Bonchev–Trinajstić information content (AvgIpc) is 3.19.